The highest BCUT2D eigenvalue weighted by Gasteiger charge is 2.54. The highest BCUT2D eigenvalue weighted by molar-refractivity contribution is 6.30. The van der Waals surface area contributed by atoms with E-state index < -0.39 is 29.7 Å². The minimum absolute atomic E-state index is 0.307. The fraction of sp³-hybridized carbons (Fsp3) is 0.176. The summed E-state index contributed by atoms with van der Waals surface area (Å²) in [6, 6.07) is 10.7. The van der Waals surface area contributed by atoms with E-state index in [1.807, 2.05) is 6.07 Å². The summed E-state index contributed by atoms with van der Waals surface area (Å²) in [4.78, 5) is 26.4. The number of benzene rings is 2. The second-order valence-corrected chi connectivity index (χ2v) is 6.25. The maximum absolute atomic E-state index is 13.1. The van der Waals surface area contributed by atoms with Crippen molar-refractivity contribution < 1.29 is 14.0 Å². The molecule has 0 N–H and O–H groups in total. The zero-order valence-corrected chi connectivity index (χ0v) is 13.6. The van der Waals surface area contributed by atoms with Gasteiger partial charge in [-0.25, -0.2) is 9.29 Å². The molecule has 8 heteroatoms. The van der Waals surface area contributed by atoms with Crippen molar-refractivity contribution in [3.63, 3.8) is 0 Å². The van der Waals surface area contributed by atoms with Crippen LogP contribution in [0.4, 0.5) is 10.1 Å². The van der Waals surface area contributed by atoms with E-state index in [1.165, 1.54) is 29.3 Å². The van der Waals surface area contributed by atoms with Crippen molar-refractivity contribution in [2.75, 3.05) is 4.90 Å². The van der Waals surface area contributed by atoms with Gasteiger partial charge in [0.2, 0.25) is 0 Å². The van der Waals surface area contributed by atoms with Crippen molar-refractivity contribution in [3.8, 4) is 0 Å². The molecule has 2 heterocycles. The van der Waals surface area contributed by atoms with Gasteiger partial charge in [-0.2, -0.15) is 5.11 Å². The SMILES string of the molecule is O=C1[C@@H]2[C@@H](N=NN2Cc2cccc(Cl)c2)C(=O)N1c1ccc(F)cc1. The fourth-order valence-corrected chi connectivity index (χ4v) is 3.23. The first-order chi connectivity index (χ1) is 12.0. The van der Waals surface area contributed by atoms with Gasteiger partial charge in [0.05, 0.1) is 12.2 Å². The van der Waals surface area contributed by atoms with Crippen LogP contribution in [0.5, 0.6) is 0 Å². The van der Waals surface area contributed by atoms with Crippen LogP contribution in [0.25, 0.3) is 0 Å². The Morgan fingerprint density at radius 2 is 1.84 bits per heavy atom. The number of nitrogens with zero attached hydrogens (tertiary/aromatic N) is 4. The Bertz CT molecular complexity index is 886. The van der Waals surface area contributed by atoms with Gasteiger partial charge < -0.3 is 0 Å². The largest absolute Gasteiger partial charge is 0.271 e. The summed E-state index contributed by atoms with van der Waals surface area (Å²) in [5.41, 5.74) is 1.18. The molecule has 0 radical (unpaired) electrons. The number of fused-ring (bicyclic) bond motifs is 1. The van der Waals surface area contributed by atoms with Gasteiger partial charge in [0.1, 0.15) is 5.82 Å². The lowest BCUT2D eigenvalue weighted by molar-refractivity contribution is -0.123. The second kappa shape index (κ2) is 5.93. The van der Waals surface area contributed by atoms with Crippen molar-refractivity contribution in [1.82, 2.24) is 5.01 Å². The van der Waals surface area contributed by atoms with E-state index in [4.69, 9.17) is 11.6 Å². The maximum atomic E-state index is 13.1. The van der Waals surface area contributed by atoms with Crippen molar-refractivity contribution >= 4 is 29.1 Å². The molecule has 0 spiro atoms. The number of hydrogen-bond donors (Lipinski definition) is 0. The van der Waals surface area contributed by atoms with Crippen LogP contribution in [-0.2, 0) is 16.1 Å². The van der Waals surface area contributed by atoms with Crippen LogP contribution in [0.3, 0.4) is 0 Å². The molecule has 0 bridgehead atoms. The zero-order chi connectivity index (χ0) is 17.6. The first-order valence-electron chi connectivity index (χ1n) is 7.60. The Kier molecular flexibility index (Phi) is 3.73. The summed E-state index contributed by atoms with van der Waals surface area (Å²) in [5, 5.41) is 9.99. The van der Waals surface area contributed by atoms with E-state index in [-0.39, 0.29) is 0 Å². The molecule has 2 amide bonds. The topological polar surface area (TPSA) is 65.3 Å². The number of anilines is 1. The number of amides is 2. The Morgan fingerprint density at radius 1 is 1.08 bits per heavy atom. The quantitative estimate of drug-likeness (QED) is 0.792. The predicted octanol–water partition coefficient (Wildman–Crippen LogP) is 2.97. The average molecular weight is 359 g/mol. The molecule has 2 aliphatic heterocycles. The van der Waals surface area contributed by atoms with Gasteiger partial charge >= 0.3 is 0 Å². The number of hydrogen-bond acceptors (Lipinski definition) is 5. The van der Waals surface area contributed by atoms with Crippen molar-refractivity contribution in [2.24, 2.45) is 10.3 Å². The van der Waals surface area contributed by atoms with E-state index in [2.05, 4.69) is 10.3 Å². The molecule has 2 aromatic carbocycles. The van der Waals surface area contributed by atoms with Crippen LogP contribution in [0.1, 0.15) is 5.56 Å². The number of carbonyl (C=O) groups is 2. The lowest BCUT2D eigenvalue weighted by atomic mass is 10.1. The molecule has 1 fully saturated rings. The third-order valence-electron chi connectivity index (χ3n) is 4.18. The molecule has 126 valence electrons. The van der Waals surface area contributed by atoms with Crippen LogP contribution in [0, 0.1) is 5.82 Å². The lowest BCUT2D eigenvalue weighted by Gasteiger charge is -2.20. The van der Waals surface area contributed by atoms with Crippen LogP contribution < -0.4 is 4.90 Å². The molecule has 0 aliphatic carbocycles. The molecule has 2 aromatic rings. The molecule has 4 rings (SSSR count). The van der Waals surface area contributed by atoms with E-state index in [9.17, 15) is 14.0 Å². The third kappa shape index (κ3) is 2.66. The highest BCUT2D eigenvalue weighted by Crippen LogP contribution is 2.32. The first-order valence-corrected chi connectivity index (χ1v) is 7.97. The second-order valence-electron chi connectivity index (χ2n) is 5.81. The summed E-state index contributed by atoms with van der Waals surface area (Å²) in [6.45, 7) is 0.307. The minimum Gasteiger partial charge on any atom is -0.271 e. The molecule has 0 aromatic heterocycles. The van der Waals surface area contributed by atoms with Gasteiger partial charge in [-0.15, -0.1) is 0 Å². The number of rotatable bonds is 3. The monoisotopic (exact) mass is 358 g/mol. The number of halogens is 2. The van der Waals surface area contributed by atoms with E-state index >= 15 is 0 Å². The van der Waals surface area contributed by atoms with Crippen molar-refractivity contribution in [3.05, 3.63) is 64.9 Å². The Labute approximate surface area is 147 Å². The van der Waals surface area contributed by atoms with Gasteiger partial charge in [-0.05, 0) is 42.0 Å². The summed E-state index contributed by atoms with van der Waals surface area (Å²) in [7, 11) is 0. The number of imide groups is 1. The highest BCUT2D eigenvalue weighted by atomic mass is 35.5. The summed E-state index contributed by atoms with van der Waals surface area (Å²) < 4.78 is 13.1. The molecule has 6 nitrogen and oxygen atoms in total. The van der Waals surface area contributed by atoms with Crippen LogP contribution in [0.2, 0.25) is 5.02 Å². The maximum Gasteiger partial charge on any atom is 0.263 e. The summed E-state index contributed by atoms with van der Waals surface area (Å²) in [5.74, 6) is -1.32. The van der Waals surface area contributed by atoms with E-state index in [0.717, 1.165) is 10.5 Å². The predicted molar refractivity (Wildman–Crippen MR) is 88.3 cm³/mol. The third-order valence-corrected chi connectivity index (χ3v) is 4.41. The van der Waals surface area contributed by atoms with Gasteiger partial charge in [0, 0.05) is 5.02 Å². The molecular weight excluding hydrogens is 347 g/mol. The van der Waals surface area contributed by atoms with Gasteiger partial charge in [0.25, 0.3) is 11.8 Å². The zero-order valence-electron chi connectivity index (χ0n) is 12.8. The summed E-state index contributed by atoms with van der Waals surface area (Å²) >= 11 is 5.98. The van der Waals surface area contributed by atoms with Gasteiger partial charge in [-0.1, -0.05) is 29.0 Å². The van der Waals surface area contributed by atoms with Crippen LogP contribution >= 0.6 is 11.6 Å². The molecule has 1 saturated heterocycles. The molecular formula is C17H12ClFN4O2. The van der Waals surface area contributed by atoms with Crippen LogP contribution in [0.15, 0.2) is 58.9 Å². The smallest absolute Gasteiger partial charge is 0.263 e. The first kappa shape index (κ1) is 15.7. The van der Waals surface area contributed by atoms with E-state index in [1.54, 1.807) is 18.2 Å². The van der Waals surface area contributed by atoms with Crippen LogP contribution in [-0.4, -0.2) is 28.9 Å². The lowest BCUT2D eigenvalue weighted by Crippen LogP contribution is -2.39. The van der Waals surface area contributed by atoms with Gasteiger partial charge in [0.15, 0.2) is 12.1 Å². The Balaban J connectivity index is 1.60. The molecule has 0 unspecified atom stereocenters. The standard InChI is InChI=1S/C17H12ClFN4O2/c18-11-3-1-2-10(8-11)9-22-15-14(20-21-22)16(24)23(17(15)25)13-6-4-12(19)5-7-13/h1-8,14-15H,9H2/t14-,15+/m1/s1. The average Bonchev–Trinajstić information content (AvgIpc) is 3.10. The molecule has 0 saturated carbocycles. The van der Waals surface area contributed by atoms with Crippen molar-refractivity contribution in [1.29, 1.82) is 0 Å². The van der Waals surface area contributed by atoms with Crippen molar-refractivity contribution in [2.45, 2.75) is 18.6 Å². The Hall–Kier alpha value is -2.80. The molecule has 2 atom stereocenters. The molecule has 25 heavy (non-hydrogen) atoms. The minimum atomic E-state index is -0.878. The fourth-order valence-electron chi connectivity index (χ4n) is 3.02. The van der Waals surface area contributed by atoms with Gasteiger partial charge in [-0.3, -0.25) is 14.6 Å². The summed E-state index contributed by atoms with van der Waals surface area (Å²) in [6.07, 6.45) is 0. The number of carbonyl (C=O) groups excluding carboxylic acids is 2. The Morgan fingerprint density at radius 3 is 2.56 bits per heavy atom. The molecule has 2 aliphatic rings. The van der Waals surface area contributed by atoms with E-state index in [0.29, 0.717) is 17.3 Å². The normalized spacial score (nSPS) is 22.0.